The molecule has 0 aliphatic carbocycles. The van der Waals surface area contributed by atoms with E-state index in [1.165, 1.54) is 19.3 Å². The standard InChI is InChI=1S/C7H13S/c1-2-3-4-5-6-7-8/h7H,1-6H2. The molecule has 0 nitrogen and oxygen atoms in total. The highest BCUT2D eigenvalue weighted by atomic mass is 32.1. The zero-order valence-corrected chi connectivity index (χ0v) is 6.04. The number of hydrogen-bond donors (Lipinski definition) is 0. The molecule has 0 spiro atoms. The van der Waals surface area contributed by atoms with E-state index in [2.05, 4.69) is 19.1 Å². The van der Waals surface area contributed by atoms with Gasteiger partial charge in [0, 0.05) is 0 Å². The SMILES string of the molecule is [CH2]CCCCCC=S. The molecule has 0 bridgehead atoms. The lowest BCUT2D eigenvalue weighted by molar-refractivity contribution is 0.710. The topological polar surface area (TPSA) is 0 Å². The Balaban J connectivity index is 2.62. The van der Waals surface area contributed by atoms with Gasteiger partial charge >= 0.3 is 0 Å². The third kappa shape index (κ3) is 6.09. The zero-order chi connectivity index (χ0) is 6.24. The normalized spacial score (nSPS) is 9.12. The second-order valence-corrected chi connectivity index (χ2v) is 2.20. The Morgan fingerprint density at radius 2 is 2.00 bits per heavy atom. The summed E-state index contributed by atoms with van der Waals surface area (Å²) < 4.78 is 0. The van der Waals surface area contributed by atoms with Crippen molar-refractivity contribution in [3.63, 3.8) is 0 Å². The number of thiocarbonyl (C=S) groups is 1. The van der Waals surface area contributed by atoms with Crippen molar-refractivity contribution < 1.29 is 0 Å². The molecular weight excluding hydrogens is 116 g/mol. The highest BCUT2D eigenvalue weighted by Gasteiger charge is 1.82. The molecule has 0 saturated carbocycles. The monoisotopic (exact) mass is 129 g/mol. The second-order valence-electron chi connectivity index (χ2n) is 1.87. The van der Waals surface area contributed by atoms with Gasteiger partial charge in [0.2, 0.25) is 0 Å². The first kappa shape index (κ1) is 8.09. The molecule has 8 heavy (non-hydrogen) atoms. The van der Waals surface area contributed by atoms with E-state index in [0.29, 0.717) is 0 Å². The van der Waals surface area contributed by atoms with Crippen LogP contribution in [0.25, 0.3) is 0 Å². The van der Waals surface area contributed by atoms with Gasteiger partial charge in [-0.1, -0.05) is 38.4 Å². The molecule has 1 heteroatoms. The molecule has 0 atom stereocenters. The average molecular weight is 129 g/mol. The maximum absolute atomic E-state index is 4.66. The first-order chi connectivity index (χ1) is 3.91. The van der Waals surface area contributed by atoms with E-state index in [1.54, 1.807) is 0 Å². The minimum atomic E-state index is 1.07. The van der Waals surface area contributed by atoms with E-state index in [1.807, 2.05) is 5.37 Å². The van der Waals surface area contributed by atoms with Gasteiger partial charge in [0.05, 0.1) is 0 Å². The highest BCUT2D eigenvalue weighted by Crippen LogP contribution is 1.99. The average Bonchev–Trinajstić information content (AvgIpc) is 1.81. The van der Waals surface area contributed by atoms with Crippen LogP contribution in [-0.4, -0.2) is 5.37 Å². The summed E-state index contributed by atoms with van der Waals surface area (Å²) in [6.45, 7) is 3.75. The van der Waals surface area contributed by atoms with Crippen molar-refractivity contribution in [1.29, 1.82) is 0 Å². The molecule has 0 rings (SSSR count). The second kappa shape index (κ2) is 7.09. The largest absolute Gasteiger partial charge is 0.0935 e. The predicted octanol–water partition coefficient (Wildman–Crippen LogP) is 2.77. The minimum Gasteiger partial charge on any atom is -0.0935 e. The summed E-state index contributed by atoms with van der Waals surface area (Å²) in [5.74, 6) is 0. The Morgan fingerprint density at radius 3 is 2.50 bits per heavy atom. The zero-order valence-electron chi connectivity index (χ0n) is 5.23. The Bertz CT molecular complexity index is 50.3. The molecule has 0 aliphatic heterocycles. The van der Waals surface area contributed by atoms with Gasteiger partial charge in [-0.3, -0.25) is 0 Å². The lowest BCUT2D eigenvalue weighted by Gasteiger charge is -1.91. The predicted molar refractivity (Wildman–Crippen MR) is 42.1 cm³/mol. The van der Waals surface area contributed by atoms with E-state index in [9.17, 15) is 0 Å². The van der Waals surface area contributed by atoms with E-state index < -0.39 is 0 Å². The molecule has 0 amide bonds. The molecule has 0 aliphatic rings. The Kier molecular flexibility index (Phi) is 7.17. The number of hydrogen-bond acceptors (Lipinski definition) is 1. The molecule has 0 fully saturated rings. The first-order valence-corrected chi connectivity index (χ1v) is 3.62. The van der Waals surface area contributed by atoms with Crippen LogP contribution in [0.15, 0.2) is 0 Å². The Labute approximate surface area is 57.3 Å². The molecule has 0 saturated heterocycles. The first-order valence-electron chi connectivity index (χ1n) is 3.14. The van der Waals surface area contributed by atoms with Crippen LogP contribution in [0.4, 0.5) is 0 Å². The van der Waals surface area contributed by atoms with Gasteiger partial charge in [-0.2, -0.15) is 0 Å². The van der Waals surface area contributed by atoms with Gasteiger partial charge in [-0.25, -0.2) is 0 Å². The smallest absolute Gasteiger partial charge is 0.0210 e. The van der Waals surface area contributed by atoms with Crippen molar-refractivity contribution in [3.05, 3.63) is 6.92 Å². The van der Waals surface area contributed by atoms with Crippen LogP contribution >= 0.6 is 12.2 Å². The van der Waals surface area contributed by atoms with E-state index in [0.717, 1.165) is 12.8 Å². The third-order valence-electron chi connectivity index (χ3n) is 1.07. The molecule has 47 valence electrons. The van der Waals surface area contributed by atoms with E-state index in [4.69, 9.17) is 0 Å². The lowest BCUT2D eigenvalue weighted by Crippen LogP contribution is -1.75. The van der Waals surface area contributed by atoms with Crippen LogP contribution in [0.2, 0.25) is 0 Å². The Morgan fingerprint density at radius 1 is 1.25 bits per heavy atom. The summed E-state index contributed by atoms with van der Waals surface area (Å²) in [5.41, 5.74) is 0. The van der Waals surface area contributed by atoms with Crippen molar-refractivity contribution in [2.75, 3.05) is 0 Å². The van der Waals surface area contributed by atoms with Gasteiger partial charge < -0.3 is 0 Å². The van der Waals surface area contributed by atoms with Crippen molar-refractivity contribution in [3.8, 4) is 0 Å². The van der Waals surface area contributed by atoms with Gasteiger partial charge in [0.25, 0.3) is 0 Å². The maximum atomic E-state index is 4.66. The van der Waals surface area contributed by atoms with Crippen molar-refractivity contribution in [1.82, 2.24) is 0 Å². The summed E-state index contributed by atoms with van der Waals surface area (Å²) in [4.78, 5) is 0. The molecule has 0 unspecified atom stereocenters. The number of unbranched alkanes of at least 4 members (excludes halogenated alkanes) is 4. The molecule has 0 aromatic carbocycles. The fraction of sp³-hybridized carbons (Fsp3) is 0.714. The molecule has 1 radical (unpaired) electrons. The van der Waals surface area contributed by atoms with Gasteiger partial charge in [0.15, 0.2) is 0 Å². The Hall–Kier alpha value is 0.0900. The van der Waals surface area contributed by atoms with Crippen LogP contribution in [-0.2, 0) is 0 Å². The molecule has 0 N–H and O–H groups in total. The van der Waals surface area contributed by atoms with Crippen LogP contribution < -0.4 is 0 Å². The summed E-state index contributed by atoms with van der Waals surface area (Å²) in [6.07, 6.45) is 5.95. The van der Waals surface area contributed by atoms with E-state index >= 15 is 0 Å². The van der Waals surface area contributed by atoms with Gasteiger partial charge in [-0.15, -0.1) is 0 Å². The van der Waals surface area contributed by atoms with Crippen LogP contribution in [0.5, 0.6) is 0 Å². The van der Waals surface area contributed by atoms with Crippen LogP contribution in [0.3, 0.4) is 0 Å². The highest BCUT2D eigenvalue weighted by molar-refractivity contribution is 7.78. The van der Waals surface area contributed by atoms with Crippen LogP contribution in [0.1, 0.15) is 32.1 Å². The van der Waals surface area contributed by atoms with E-state index in [-0.39, 0.29) is 0 Å². The minimum absolute atomic E-state index is 1.07. The molecule has 0 heterocycles. The summed E-state index contributed by atoms with van der Waals surface area (Å²) in [6, 6.07) is 0. The van der Waals surface area contributed by atoms with Crippen molar-refractivity contribution in [2.24, 2.45) is 0 Å². The quantitative estimate of drug-likeness (QED) is 0.406. The molecular formula is C7H13S. The van der Waals surface area contributed by atoms with Gasteiger partial charge in [-0.05, 0) is 18.2 Å². The third-order valence-corrected chi connectivity index (χ3v) is 1.31. The number of rotatable bonds is 5. The fourth-order valence-electron chi connectivity index (χ4n) is 0.581. The van der Waals surface area contributed by atoms with Crippen molar-refractivity contribution >= 4 is 17.6 Å². The summed E-state index contributed by atoms with van der Waals surface area (Å²) in [5, 5.41) is 1.81. The summed E-state index contributed by atoms with van der Waals surface area (Å²) >= 11 is 4.66. The maximum Gasteiger partial charge on any atom is -0.0210 e. The summed E-state index contributed by atoms with van der Waals surface area (Å²) in [7, 11) is 0. The molecule has 0 aromatic heterocycles. The van der Waals surface area contributed by atoms with Crippen LogP contribution in [0, 0.1) is 6.92 Å². The molecule has 0 aromatic rings. The van der Waals surface area contributed by atoms with Gasteiger partial charge in [0.1, 0.15) is 0 Å². The van der Waals surface area contributed by atoms with Crippen molar-refractivity contribution in [2.45, 2.75) is 32.1 Å². The lowest BCUT2D eigenvalue weighted by atomic mass is 10.2. The fourth-order valence-corrected chi connectivity index (χ4v) is 0.748.